The SMILES string of the molecule is CCNCCc1sc(-c2cnc(N)c(-c3nnnn3-c3ccc(C)c(CI)c3)c2)cc1C. The van der Waals surface area contributed by atoms with Crippen molar-refractivity contribution in [2.45, 2.75) is 31.6 Å². The number of nitrogen functional groups attached to an aromatic ring is 1. The minimum Gasteiger partial charge on any atom is -0.383 e. The van der Waals surface area contributed by atoms with Crippen LogP contribution in [0.15, 0.2) is 36.5 Å². The second kappa shape index (κ2) is 10.1. The topological polar surface area (TPSA) is 94.5 Å². The van der Waals surface area contributed by atoms with Crippen LogP contribution in [-0.2, 0) is 10.8 Å². The minimum absolute atomic E-state index is 0.409. The van der Waals surface area contributed by atoms with Crippen LogP contribution in [0.1, 0.15) is 28.5 Å². The summed E-state index contributed by atoms with van der Waals surface area (Å²) in [7, 11) is 0. The zero-order valence-electron chi connectivity index (χ0n) is 18.4. The third kappa shape index (κ3) is 4.69. The predicted octanol–water partition coefficient (Wildman–Crippen LogP) is 4.74. The Balaban J connectivity index is 1.71. The highest BCUT2D eigenvalue weighted by Gasteiger charge is 2.17. The quantitative estimate of drug-likeness (QED) is 0.184. The van der Waals surface area contributed by atoms with Crippen LogP contribution in [0.5, 0.6) is 0 Å². The van der Waals surface area contributed by atoms with Crippen molar-refractivity contribution in [3.8, 4) is 27.5 Å². The first-order valence-electron chi connectivity index (χ1n) is 10.5. The summed E-state index contributed by atoms with van der Waals surface area (Å²) in [6, 6.07) is 10.5. The highest BCUT2D eigenvalue weighted by atomic mass is 127. The number of thiophene rings is 1. The molecule has 0 saturated heterocycles. The Labute approximate surface area is 205 Å². The number of hydrogen-bond acceptors (Lipinski definition) is 7. The number of anilines is 1. The summed E-state index contributed by atoms with van der Waals surface area (Å²) in [6.07, 6.45) is 2.84. The number of nitrogens with one attached hydrogen (secondary N) is 1. The lowest BCUT2D eigenvalue weighted by Crippen LogP contribution is -2.15. The summed E-state index contributed by atoms with van der Waals surface area (Å²) in [6.45, 7) is 8.36. The molecule has 0 aliphatic heterocycles. The van der Waals surface area contributed by atoms with Crippen LogP contribution < -0.4 is 11.1 Å². The number of halogens is 1. The molecule has 4 rings (SSSR count). The van der Waals surface area contributed by atoms with E-state index in [2.05, 4.69) is 87.4 Å². The summed E-state index contributed by atoms with van der Waals surface area (Å²) in [4.78, 5) is 7.03. The van der Waals surface area contributed by atoms with E-state index in [0.29, 0.717) is 11.6 Å². The van der Waals surface area contributed by atoms with Crippen molar-refractivity contribution in [2.75, 3.05) is 18.8 Å². The molecule has 32 heavy (non-hydrogen) atoms. The van der Waals surface area contributed by atoms with E-state index in [1.165, 1.54) is 26.4 Å². The fourth-order valence-electron chi connectivity index (χ4n) is 3.54. The van der Waals surface area contributed by atoms with E-state index >= 15 is 0 Å². The lowest BCUT2D eigenvalue weighted by Gasteiger charge is -2.10. The highest BCUT2D eigenvalue weighted by molar-refractivity contribution is 14.1. The molecule has 4 aromatic rings. The number of aryl methyl sites for hydroxylation is 2. The summed E-state index contributed by atoms with van der Waals surface area (Å²) >= 11 is 4.17. The van der Waals surface area contributed by atoms with Crippen molar-refractivity contribution in [3.05, 3.63) is 58.1 Å². The third-order valence-electron chi connectivity index (χ3n) is 5.43. The van der Waals surface area contributed by atoms with Gasteiger partial charge in [0.25, 0.3) is 0 Å². The zero-order chi connectivity index (χ0) is 22.7. The maximum absolute atomic E-state index is 6.28. The summed E-state index contributed by atoms with van der Waals surface area (Å²) in [5.41, 5.74) is 12.7. The summed E-state index contributed by atoms with van der Waals surface area (Å²) < 4.78 is 2.65. The molecule has 0 fully saturated rings. The van der Waals surface area contributed by atoms with Gasteiger partial charge < -0.3 is 11.1 Å². The molecule has 9 heteroatoms. The van der Waals surface area contributed by atoms with Gasteiger partial charge in [-0.15, -0.1) is 16.4 Å². The van der Waals surface area contributed by atoms with Gasteiger partial charge in [0.05, 0.1) is 11.3 Å². The molecule has 3 aromatic heterocycles. The Hall–Kier alpha value is -2.37. The van der Waals surface area contributed by atoms with Gasteiger partial charge in [-0.2, -0.15) is 4.68 Å². The Kier molecular flexibility index (Phi) is 7.17. The molecule has 0 unspecified atom stereocenters. The fraction of sp³-hybridized carbons (Fsp3) is 0.304. The average Bonchev–Trinajstić information content (AvgIpc) is 3.42. The molecule has 166 valence electrons. The number of alkyl halides is 1. The van der Waals surface area contributed by atoms with Crippen LogP contribution >= 0.6 is 33.9 Å². The maximum atomic E-state index is 6.28. The van der Waals surface area contributed by atoms with E-state index in [4.69, 9.17) is 5.73 Å². The molecule has 3 N–H and O–H groups in total. The lowest BCUT2D eigenvalue weighted by atomic mass is 10.1. The van der Waals surface area contributed by atoms with Crippen molar-refractivity contribution < 1.29 is 0 Å². The van der Waals surface area contributed by atoms with Crippen LogP contribution in [0.25, 0.3) is 27.5 Å². The number of nitrogens with two attached hydrogens (primary N) is 1. The smallest absolute Gasteiger partial charge is 0.190 e. The van der Waals surface area contributed by atoms with Crippen LogP contribution in [0, 0.1) is 13.8 Å². The van der Waals surface area contributed by atoms with Crippen molar-refractivity contribution in [2.24, 2.45) is 0 Å². The molecule has 7 nitrogen and oxygen atoms in total. The highest BCUT2D eigenvalue weighted by Crippen LogP contribution is 2.35. The Morgan fingerprint density at radius 2 is 2.00 bits per heavy atom. The van der Waals surface area contributed by atoms with Gasteiger partial charge in [0.2, 0.25) is 0 Å². The molecular weight excluding hydrogens is 533 g/mol. The van der Waals surface area contributed by atoms with Crippen molar-refractivity contribution in [3.63, 3.8) is 0 Å². The molecule has 0 radical (unpaired) electrons. The van der Waals surface area contributed by atoms with E-state index in [1.54, 1.807) is 16.0 Å². The van der Waals surface area contributed by atoms with E-state index in [1.807, 2.05) is 18.3 Å². The molecule has 0 amide bonds. The van der Waals surface area contributed by atoms with Gasteiger partial charge in [0.15, 0.2) is 5.82 Å². The number of nitrogens with zero attached hydrogens (tertiary/aromatic N) is 5. The molecular formula is C23H26IN7S. The van der Waals surface area contributed by atoms with Crippen molar-refractivity contribution >= 4 is 39.7 Å². The molecule has 0 saturated carbocycles. The van der Waals surface area contributed by atoms with Gasteiger partial charge in [-0.1, -0.05) is 35.6 Å². The van der Waals surface area contributed by atoms with Crippen LogP contribution in [0.3, 0.4) is 0 Å². The number of tetrazole rings is 1. The second-order valence-corrected chi connectivity index (χ2v) is 9.54. The number of likely N-dealkylation sites (N-methyl/N-ethyl adjacent to an activating group) is 1. The monoisotopic (exact) mass is 559 g/mol. The molecule has 0 aliphatic rings. The first kappa shape index (κ1) is 22.8. The average molecular weight is 559 g/mol. The second-order valence-electron chi connectivity index (χ2n) is 7.64. The standard InChI is InChI=1S/C23H26IN7S/c1-4-26-8-7-20-15(3)9-21(32-20)17-11-19(22(25)27-13-17)23-28-29-30-31(23)18-6-5-14(2)16(10-18)12-24/h5-6,9-11,13,26H,4,7-8,12H2,1-3H3,(H2,25,27). The maximum Gasteiger partial charge on any atom is 0.190 e. The van der Waals surface area contributed by atoms with E-state index < -0.39 is 0 Å². The number of hydrogen-bond donors (Lipinski definition) is 2. The van der Waals surface area contributed by atoms with Gasteiger partial charge in [0, 0.05) is 25.9 Å². The number of pyridine rings is 1. The number of rotatable bonds is 8. The van der Waals surface area contributed by atoms with Crippen molar-refractivity contribution in [1.29, 1.82) is 0 Å². The van der Waals surface area contributed by atoms with Crippen LogP contribution in [-0.4, -0.2) is 38.3 Å². The van der Waals surface area contributed by atoms with E-state index in [-0.39, 0.29) is 0 Å². The number of benzene rings is 1. The fourth-order valence-corrected chi connectivity index (χ4v) is 5.52. The minimum atomic E-state index is 0.409. The van der Waals surface area contributed by atoms with Gasteiger partial charge in [-0.3, -0.25) is 0 Å². The normalized spacial score (nSPS) is 11.2. The molecule has 0 aliphatic carbocycles. The Morgan fingerprint density at radius 1 is 1.16 bits per heavy atom. The first-order chi connectivity index (χ1) is 15.5. The zero-order valence-corrected chi connectivity index (χ0v) is 21.4. The number of aromatic nitrogens is 5. The van der Waals surface area contributed by atoms with Gasteiger partial charge in [-0.05, 0) is 84.7 Å². The third-order valence-corrected chi connectivity index (χ3v) is 7.60. The Morgan fingerprint density at radius 3 is 2.78 bits per heavy atom. The predicted molar refractivity (Wildman–Crippen MR) is 140 cm³/mol. The van der Waals surface area contributed by atoms with Crippen LogP contribution in [0.2, 0.25) is 0 Å². The van der Waals surface area contributed by atoms with Crippen molar-refractivity contribution in [1.82, 2.24) is 30.5 Å². The largest absolute Gasteiger partial charge is 0.383 e. The van der Waals surface area contributed by atoms with Gasteiger partial charge in [-0.25, -0.2) is 4.98 Å². The molecule has 0 spiro atoms. The molecule has 0 bridgehead atoms. The van der Waals surface area contributed by atoms with Crippen LogP contribution in [0.4, 0.5) is 5.82 Å². The summed E-state index contributed by atoms with van der Waals surface area (Å²) in [5.74, 6) is 0.993. The Bertz CT molecular complexity index is 1230. The molecule has 3 heterocycles. The van der Waals surface area contributed by atoms with Gasteiger partial charge in [0.1, 0.15) is 5.82 Å². The van der Waals surface area contributed by atoms with E-state index in [0.717, 1.165) is 40.8 Å². The van der Waals surface area contributed by atoms with Gasteiger partial charge >= 0.3 is 0 Å². The summed E-state index contributed by atoms with van der Waals surface area (Å²) in [5, 5.41) is 15.8. The lowest BCUT2D eigenvalue weighted by molar-refractivity contribution is 0.720. The molecule has 0 atom stereocenters. The molecule has 1 aromatic carbocycles. The first-order valence-corrected chi connectivity index (χ1v) is 12.9. The van der Waals surface area contributed by atoms with E-state index in [9.17, 15) is 0 Å².